The Morgan fingerprint density at radius 2 is 1.64 bits per heavy atom. The van der Waals surface area contributed by atoms with Gasteiger partial charge in [-0.25, -0.2) is 0 Å². The molecule has 0 aromatic carbocycles. The van der Waals surface area contributed by atoms with E-state index in [1.807, 2.05) is 27.7 Å². The lowest BCUT2D eigenvalue weighted by atomic mass is 10.4. The highest BCUT2D eigenvalue weighted by atomic mass is 16.7. The molecule has 0 aliphatic rings. The molecule has 0 bridgehead atoms. The molecule has 0 aliphatic carbocycles. The van der Waals surface area contributed by atoms with Gasteiger partial charge in [-0.15, -0.1) is 0 Å². The van der Waals surface area contributed by atoms with E-state index in [0.717, 1.165) is 0 Å². The Morgan fingerprint density at radius 1 is 1.14 bits per heavy atom. The summed E-state index contributed by atoms with van der Waals surface area (Å²) in [5.41, 5.74) is 0. The summed E-state index contributed by atoms with van der Waals surface area (Å²) in [6.07, 6.45) is -0.414. The number of ether oxygens (including phenoxy) is 3. The average molecular weight is 204 g/mol. The summed E-state index contributed by atoms with van der Waals surface area (Å²) < 4.78 is 15.4. The van der Waals surface area contributed by atoms with Crippen molar-refractivity contribution in [2.75, 3.05) is 13.2 Å². The standard InChI is InChI=1S/C10H20O4/c1-5-12-10(13-6-2)7-9(11)14-8(3)4/h8,10H,5-7H2,1-4H3. The van der Waals surface area contributed by atoms with Crippen molar-refractivity contribution in [3.05, 3.63) is 0 Å². The molecule has 0 N–H and O–H groups in total. The van der Waals surface area contributed by atoms with E-state index in [2.05, 4.69) is 0 Å². The zero-order valence-corrected chi connectivity index (χ0v) is 9.41. The Labute approximate surface area is 85.5 Å². The molecule has 0 heterocycles. The van der Waals surface area contributed by atoms with Crippen LogP contribution in [-0.4, -0.2) is 31.6 Å². The predicted molar refractivity (Wildman–Crippen MR) is 52.9 cm³/mol. The zero-order chi connectivity index (χ0) is 11.0. The first kappa shape index (κ1) is 13.4. The molecular weight excluding hydrogens is 184 g/mol. The molecule has 0 aromatic rings. The van der Waals surface area contributed by atoms with Gasteiger partial charge in [0.2, 0.25) is 0 Å². The summed E-state index contributed by atoms with van der Waals surface area (Å²) in [5, 5.41) is 0. The van der Waals surface area contributed by atoms with Gasteiger partial charge in [0.1, 0.15) is 0 Å². The van der Waals surface area contributed by atoms with Crippen LogP contribution in [0.2, 0.25) is 0 Å². The molecule has 0 amide bonds. The largest absolute Gasteiger partial charge is 0.463 e. The Hall–Kier alpha value is -0.610. The molecule has 0 aromatic heterocycles. The predicted octanol–water partition coefficient (Wildman–Crippen LogP) is 1.73. The van der Waals surface area contributed by atoms with Gasteiger partial charge in [0.15, 0.2) is 6.29 Å². The third-order valence-corrected chi connectivity index (χ3v) is 1.41. The van der Waals surface area contributed by atoms with E-state index in [-0.39, 0.29) is 18.5 Å². The van der Waals surface area contributed by atoms with Crippen molar-refractivity contribution in [3.8, 4) is 0 Å². The minimum Gasteiger partial charge on any atom is -0.463 e. The maximum atomic E-state index is 11.2. The molecule has 0 rings (SSSR count). The number of hydrogen-bond donors (Lipinski definition) is 0. The van der Waals surface area contributed by atoms with Gasteiger partial charge < -0.3 is 14.2 Å². The molecule has 0 atom stereocenters. The molecule has 4 heteroatoms. The van der Waals surface area contributed by atoms with Gasteiger partial charge in [0, 0.05) is 13.2 Å². The summed E-state index contributed by atoms with van der Waals surface area (Å²) in [5.74, 6) is -0.285. The van der Waals surface area contributed by atoms with Gasteiger partial charge in [0.05, 0.1) is 12.5 Å². The van der Waals surface area contributed by atoms with Gasteiger partial charge in [-0.3, -0.25) is 4.79 Å². The Kier molecular flexibility index (Phi) is 7.42. The summed E-state index contributed by atoms with van der Waals surface area (Å²) >= 11 is 0. The summed E-state index contributed by atoms with van der Waals surface area (Å²) in [6, 6.07) is 0. The van der Waals surface area contributed by atoms with Crippen molar-refractivity contribution < 1.29 is 19.0 Å². The molecule has 0 saturated carbocycles. The van der Waals surface area contributed by atoms with Crippen molar-refractivity contribution in [2.24, 2.45) is 0 Å². The minimum atomic E-state index is -0.476. The lowest BCUT2D eigenvalue weighted by molar-refractivity contribution is -0.171. The van der Waals surface area contributed by atoms with Gasteiger partial charge in [-0.05, 0) is 27.7 Å². The second-order valence-corrected chi connectivity index (χ2v) is 3.08. The van der Waals surface area contributed by atoms with Gasteiger partial charge >= 0.3 is 5.97 Å². The first-order valence-electron chi connectivity index (χ1n) is 5.02. The minimum absolute atomic E-state index is 0.0913. The molecule has 0 fully saturated rings. The Balaban J connectivity index is 3.82. The highest BCUT2D eigenvalue weighted by Gasteiger charge is 2.15. The molecule has 0 unspecified atom stereocenters. The van der Waals surface area contributed by atoms with E-state index in [9.17, 15) is 4.79 Å². The SMILES string of the molecule is CCOC(CC(=O)OC(C)C)OCC. The van der Waals surface area contributed by atoms with Crippen LogP contribution in [0.4, 0.5) is 0 Å². The van der Waals surface area contributed by atoms with Crippen LogP contribution in [0, 0.1) is 0 Å². The fourth-order valence-corrected chi connectivity index (χ4v) is 0.985. The third-order valence-electron chi connectivity index (χ3n) is 1.41. The molecule has 0 aliphatic heterocycles. The fourth-order valence-electron chi connectivity index (χ4n) is 0.985. The number of esters is 1. The first-order chi connectivity index (χ1) is 6.60. The smallest absolute Gasteiger partial charge is 0.311 e. The van der Waals surface area contributed by atoms with Crippen molar-refractivity contribution in [3.63, 3.8) is 0 Å². The second-order valence-electron chi connectivity index (χ2n) is 3.08. The lowest BCUT2D eigenvalue weighted by Gasteiger charge is -2.16. The van der Waals surface area contributed by atoms with Crippen molar-refractivity contribution >= 4 is 5.97 Å². The molecule has 0 radical (unpaired) electrons. The highest BCUT2D eigenvalue weighted by Crippen LogP contribution is 2.04. The number of rotatable bonds is 7. The molecule has 14 heavy (non-hydrogen) atoms. The van der Waals surface area contributed by atoms with E-state index < -0.39 is 6.29 Å². The van der Waals surface area contributed by atoms with Gasteiger partial charge in [-0.2, -0.15) is 0 Å². The van der Waals surface area contributed by atoms with E-state index in [0.29, 0.717) is 13.2 Å². The maximum absolute atomic E-state index is 11.2. The van der Waals surface area contributed by atoms with Crippen molar-refractivity contribution in [1.82, 2.24) is 0 Å². The van der Waals surface area contributed by atoms with Crippen LogP contribution < -0.4 is 0 Å². The van der Waals surface area contributed by atoms with E-state index >= 15 is 0 Å². The van der Waals surface area contributed by atoms with Crippen LogP contribution >= 0.6 is 0 Å². The lowest BCUT2D eigenvalue weighted by Crippen LogP contribution is -2.24. The topological polar surface area (TPSA) is 44.8 Å². The summed E-state index contributed by atoms with van der Waals surface area (Å²) in [6.45, 7) is 8.40. The molecule has 84 valence electrons. The quantitative estimate of drug-likeness (QED) is 0.468. The number of carbonyl (C=O) groups is 1. The van der Waals surface area contributed by atoms with Crippen LogP contribution in [-0.2, 0) is 19.0 Å². The zero-order valence-electron chi connectivity index (χ0n) is 9.41. The van der Waals surface area contributed by atoms with Gasteiger partial charge in [0.25, 0.3) is 0 Å². The van der Waals surface area contributed by atoms with E-state index in [1.165, 1.54) is 0 Å². The van der Waals surface area contributed by atoms with E-state index in [1.54, 1.807) is 0 Å². The number of carbonyl (C=O) groups excluding carboxylic acids is 1. The van der Waals surface area contributed by atoms with Crippen LogP contribution in [0.1, 0.15) is 34.1 Å². The summed E-state index contributed by atoms with van der Waals surface area (Å²) in [4.78, 5) is 11.2. The molecular formula is C10H20O4. The normalized spacial score (nSPS) is 11.0. The second kappa shape index (κ2) is 7.76. The van der Waals surface area contributed by atoms with Crippen molar-refractivity contribution in [1.29, 1.82) is 0 Å². The molecule has 0 spiro atoms. The van der Waals surface area contributed by atoms with Crippen LogP contribution in [0.15, 0.2) is 0 Å². The molecule has 0 saturated heterocycles. The average Bonchev–Trinajstić information content (AvgIpc) is 2.03. The first-order valence-corrected chi connectivity index (χ1v) is 5.02. The van der Waals surface area contributed by atoms with Crippen molar-refractivity contribution in [2.45, 2.75) is 46.5 Å². The summed E-state index contributed by atoms with van der Waals surface area (Å²) in [7, 11) is 0. The Morgan fingerprint density at radius 3 is 2.00 bits per heavy atom. The maximum Gasteiger partial charge on any atom is 0.311 e. The third kappa shape index (κ3) is 6.86. The van der Waals surface area contributed by atoms with E-state index in [4.69, 9.17) is 14.2 Å². The monoisotopic (exact) mass is 204 g/mol. The fraction of sp³-hybridized carbons (Fsp3) is 0.900. The highest BCUT2D eigenvalue weighted by molar-refractivity contribution is 5.69. The van der Waals surface area contributed by atoms with Gasteiger partial charge in [-0.1, -0.05) is 0 Å². The van der Waals surface area contributed by atoms with Crippen LogP contribution in [0.25, 0.3) is 0 Å². The molecule has 4 nitrogen and oxygen atoms in total. The van der Waals surface area contributed by atoms with Crippen LogP contribution in [0.5, 0.6) is 0 Å². The number of hydrogen-bond acceptors (Lipinski definition) is 4. The van der Waals surface area contributed by atoms with Crippen LogP contribution in [0.3, 0.4) is 0 Å². The Bertz CT molecular complexity index is 150.